The summed E-state index contributed by atoms with van der Waals surface area (Å²) in [6.07, 6.45) is 2.23. The number of aliphatic carboxylic acids is 1. The largest absolute Gasteiger partial charge is 0.481 e. The molecule has 0 unspecified atom stereocenters. The van der Waals surface area contributed by atoms with E-state index in [2.05, 4.69) is 84.8 Å². The van der Waals surface area contributed by atoms with Gasteiger partial charge in [0.1, 0.15) is 5.75 Å². The third kappa shape index (κ3) is 6.87. The molecule has 0 aromatic heterocycles. The van der Waals surface area contributed by atoms with Crippen LogP contribution in [0.15, 0.2) is 86.6 Å². The van der Waals surface area contributed by atoms with Crippen molar-refractivity contribution in [2.75, 3.05) is 12.4 Å². The molecule has 0 amide bonds. The van der Waals surface area contributed by atoms with Gasteiger partial charge in [-0.3, -0.25) is 0 Å². The Balaban J connectivity index is 1.77. The van der Waals surface area contributed by atoms with Crippen LogP contribution < -0.4 is 4.74 Å². The van der Waals surface area contributed by atoms with E-state index in [0.717, 1.165) is 34.3 Å². The lowest BCUT2D eigenvalue weighted by atomic mass is 9.98. The Morgan fingerprint density at radius 2 is 1.53 bits per heavy atom. The van der Waals surface area contributed by atoms with Crippen LogP contribution in [-0.4, -0.2) is 23.4 Å². The van der Waals surface area contributed by atoms with Gasteiger partial charge in [-0.05, 0) is 81.8 Å². The molecule has 3 rings (SSSR count). The summed E-state index contributed by atoms with van der Waals surface area (Å²) in [5.74, 6) is 0.401. The molecule has 30 heavy (non-hydrogen) atoms. The first-order valence-corrected chi connectivity index (χ1v) is 12.6. The van der Waals surface area contributed by atoms with Crippen molar-refractivity contribution in [3.63, 3.8) is 0 Å². The molecule has 154 valence electrons. The first-order valence-electron chi connectivity index (χ1n) is 8.91. The van der Waals surface area contributed by atoms with Crippen molar-refractivity contribution in [2.45, 2.75) is 4.90 Å². The average Bonchev–Trinajstić information content (AvgIpc) is 2.72. The third-order valence-electron chi connectivity index (χ3n) is 4.10. The predicted octanol–water partition coefficient (Wildman–Crippen LogP) is 7.50. The predicted molar refractivity (Wildman–Crippen MR) is 138 cm³/mol. The molecule has 3 nitrogen and oxygen atoms in total. The molecule has 7 heteroatoms. The number of benzene rings is 3. The van der Waals surface area contributed by atoms with Crippen LogP contribution in [0.4, 0.5) is 0 Å². The topological polar surface area (TPSA) is 46.5 Å². The zero-order valence-electron chi connectivity index (χ0n) is 15.6. The summed E-state index contributed by atoms with van der Waals surface area (Å²) >= 11 is 10.9. The quantitative estimate of drug-likeness (QED) is 0.201. The number of thioether (sulfide) groups is 1. The number of carboxylic acids is 1. The fourth-order valence-electron chi connectivity index (χ4n) is 2.71. The highest BCUT2D eigenvalue weighted by molar-refractivity contribution is 14.1. The van der Waals surface area contributed by atoms with E-state index in [9.17, 15) is 4.79 Å². The molecule has 0 radical (unpaired) electrons. The van der Waals surface area contributed by atoms with Gasteiger partial charge in [-0.2, -0.15) is 0 Å². The van der Waals surface area contributed by atoms with Crippen LogP contribution >= 0.6 is 66.2 Å². The Morgan fingerprint density at radius 1 is 0.967 bits per heavy atom. The van der Waals surface area contributed by atoms with Crippen LogP contribution in [0.2, 0.25) is 0 Å². The molecule has 3 aromatic carbocycles. The van der Waals surface area contributed by atoms with E-state index < -0.39 is 5.97 Å². The van der Waals surface area contributed by atoms with E-state index in [4.69, 9.17) is 9.84 Å². The maximum absolute atomic E-state index is 10.7. The normalized spacial score (nSPS) is 10.5. The molecule has 0 aliphatic rings. The van der Waals surface area contributed by atoms with Crippen LogP contribution in [0.5, 0.6) is 5.75 Å². The fraction of sp³-hybridized carbons (Fsp3) is 0.0870. The molecule has 0 spiro atoms. The van der Waals surface area contributed by atoms with Gasteiger partial charge in [0.2, 0.25) is 0 Å². The number of hydrogen-bond donors (Lipinski definition) is 1. The minimum atomic E-state index is -0.984. The Kier molecular flexibility index (Phi) is 8.85. The molecule has 0 aliphatic heterocycles. The minimum absolute atomic E-state index is 0.338. The molecule has 0 bridgehead atoms. The smallest absolute Gasteiger partial charge is 0.341 e. The van der Waals surface area contributed by atoms with Gasteiger partial charge in [0.25, 0.3) is 0 Å². The van der Waals surface area contributed by atoms with Gasteiger partial charge in [0.05, 0.1) is 3.57 Å². The fourth-order valence-corrected chi connectivity index (χ4v) is 4.93. The maximum atomic E-state index is 10.7. The molecular formula is C23H17Br2IO3S. The molecule has 0 aliphatic carbocycles. The molecule has 0 saturated carbocycles. The lowest BCUT2D eigenvalue weighted by Gasteiger charge is -2.10. The van der Waals surface area contributed by atoms with E-state index >= 15 is 0 Å². The van der Waals surface area contributed by atoms with E-state index in [-0.39, 0.29) is 6.61 Å². The van der Waals surface area contributed by atoms with Gasteiger partial charge >= 0.3 is 5.97 Å². The third-order valence-corrected chi connectivity index (χ3v) is 6.92. The van der Waals surface area contributed by atoms with Gasteiger partial charge in [-0.25, -0.2) is 4.79 Å². The summed E-state index contributed by atoms with van der Waals surface area (Å²) in [5, 5.41) is 8.76. The monoisotopic (exact) mass is 658 g/mol. The lowest BCUT2D eigenvalue weighted by Crippen LogP contribution is -2.10. The molecule has 0 heterocycles. The number of rotatable bonds is 8. The summed E-state index contributed by atoms with van der Waals surface area (Å²) < 4.78 is 8.29. The SMILES string of the molecule is O=C(O)COc1ccc(SCC=C(c2ccc(Br)cc2)c2ccc(Br)cc2)cc1I. The summed E-state index contributed by atoms with van der Waals surface area (Å²) in [6, 6.07) is 22.4. The first-order chi connectivity index (χ1) is 14.4. The van der Waals surface area contributed by atoms with Crippen molar-refractivity contribution >= 4 is 77.8 Å². The van der Waals surface area contributed by atoms with Gasteiger partial charge in [-0.1, -0.05) is 62.2 Å². The van der Waals surface area contributed by atoms with Crippen molar-refractivity contribution in [2.24, 2.45) is 0 Å². The van der Waals surface area contributed by atoms with E-state index in [1.165, 1.54) is 5.57 Å². The Hall–Kier alpha value is -1.29. The minimum Gasteiger partial charge on any atom is -0.481 e. The lowest BCUT2D eigenvalue weighted by molar-refractivity contribution is -0.139. The molecule has 0 atom stereocenters. The highest BCUT2D eigenvalue weighted by atomic mass is 127. The van der Waals surface area contributed by atoms with E-state index in [1.54, 1.807) is 11.8 Å². The number of carboxylic acid groups (broad SMARTS) is 1. The number of halogens is 3. The summed E-state index contributed by atoms with van der Waals surface area (Å²) in [6.45, 7) is -0.338. The second-order valence-corrected chi connectivity index (χ2v) is 10.3. The van der Waals surface area contributed by atoms with Crippen molar-refractivity contribution in [1.82, 2.24) is 0 Å². The van der Waals surface area contributed by atoms with Crippen molar-refractivity contribution in [1.29, 1.82) is 0 Å². The molecule has 3 aromatic rings. The first kappa shape index (κ1) is 23.4. The van der Waals surface area contributed by atoms with Gasteiger partial charge in [-0.15, -0.1) is 11.8 Å². The second-order valence-electron chi connectivity index (χ2n) is 6.22. The Morgan fingerprint density at radius 3 is 2.03 bits per heavy atom. The van der Waals surface area contributed by atoms with Crippen molar-refractivity contribution in [3.8, 4) is 5.75 Å². The number of ether oxygens (including phenoxy) is 1. The van der Waals surface area contributed by atoms with Crippen LogP contribution in [-0.2, 0) is 4.79 Å². The number of carbonyl (C=O) groups is 1. The highest BCUT2D eigenvalue weighted by Crippen LogP contribution is 2.30. The van der Waals surface area contributed by atoms with Crippen LogP contribution in [0.1, 0.15) is 11.1 Å². The van der Waals surface area contributed by atoms with E-state index in [0.29, 0.717) is 5.75 Å². The number of hydrogen-bond acceptors (Lipinski definition) is 3. The second kappa shape index (κ2) is 11.4. The zero-order valence-corrected chi connectivity index (χ0v) is 21.8. The summed E-state index contributed by atoms with van der Waals surface area (Å²) in [4.78, 5) is 11.8. The zero-order chi connectivity index (χ0) is 21.5. The standard InChI is InChI=1S/C23H17Br2IO3S/c24-17-5-1-15(2-6-17)20(16-3-7-18(25)8-4-16)11-12-30-19-9-10-22(21(26)13-19)29-14-23(27)28/h1-11,13H,12,14H2,(H,27,28). The van der Waals surface area contributed by atoms with E-state index in [1.807, 2.05) is 42.5 Å². The van der Waals surface area contributed by atoms with Crippen molar-refractivity contribution < 1.29 is 14.6 Å². The Bertz CT molecular complexity index is 1000. The maximum Gasteiger partial charge on any atom is 0.341 e. The summed E-state index contributed by atoms with van der Waals surface area (Å²) in [5.41, 5.74) is 3.50. The highest BCUT2D eigenvalue weighted by Gasteiger charge is 2.08. The van der Waals surface area contributed by atoms with Crippen molar-refractivity contribution in [3.05, 3.63) is 96.4 Å². The van der Waals surface area contributed by atoms with Gasteiger partial charge in [0.15, 0.2) is 6.61 Å². The van der Waals surface area contributed by atoms with Crippen LogP contribution in [0, 0.1) is 3.57 Å². The molecule has 0 fully saturated rings. The Labute approximate surface area is 210 Å². The van der Waals surface area contributed by atoms with Gasteiger partial charge in [0, 0.05) is 19.6 Å². The molecule has 0 saturated heterocycles. The van der Waals surface area contributed by atoms with Crippen LogP contribution in [0.3, 0.4) is 0 Å². The molecular weight excluding hydrogens is 643 g/mol. The molecule has 1 N–H and O–H groups in total. The summed E-state index contributed by atoms with van der Waals surface area (Å²) in [7, 11) is 0. The van der Waals surface area contributed by atoms with Gasteiger partial charge < -0.3 is 9.84 Å². The van der Waals surface area contributed by atoms with Crippen LogP contribution in [0.25, 0.3) is 5.57 Å². The average molecular weight is 660 g/mol.